The number of carbonyl (C=O) groups is 2. The molecule has 1 unspecified atom stereocenters. The van der Waals surface area contributed by atoms with Gasteiger partial charge in [-0.05, 0) is 59.2 Å². The van der Waals surface area contributed by atoms with E-state index in [9.17, 15) is 9.59 Å². The molecular weight excluding hydrogens is 496 g/mol. The fourth-order valence-electron chi connectivity index (χ4n) is 4.62. The predicted molar refractivity (Wildman–Crippen MR) is 143 cm³/mol. The molecular formula is C28H31ClN2O4S. The third-order valence-corrected chi connectivity index (χ3v) is 7.52. The van der Waals surface area contributed by atoms with Crippen molar-refractivity contribution in [3.8, 4) is 11.5 Å². The minimum absolute atomic E-state index is 0.0138. The highest BCUT2D eigenvalue weighted by Crippen LogP contribution is 2.38. The van der Waals surface area contributed by atoms with Crippen LogP contribution in [0.3, 0.4) is 0 Å². The Labute approximate surface area is 221 Å². The highest BCUT2D eigenvalue weighted by Gasteiger charge is 2.34. The van der Waals surface area contributed by atoms with Crippen molar-refractivity contribution in [2.45, 2.75) is 26.3 Å². The van der Waals surface area contributed by atoms with E-state index in [0.717, 1.165) is 17.5 Å². The highest BCUT2D eigenvalue weighted by atomic mass is 35.5. The van der Waals surface area contributed by atoms with Gasteiger partial charge in [-0.15, -0.1) is 11.3 Å². The Morgan fingerprint density at radius 2 is 1.75 bits per heavy atom. The number of amides is 2. The molecule has 0 saturated carbocycles. The molecule has 0 saturated heterocycles. The molecule has 3 aromatic rings. The number of benzene rings is 2. The molecule has 0 radical (unpaired) electrons. The van der Waals surface area contributed by atoms with Crippen molar-refractivity contribution >= 4 is 34.8 Å². The van der Waals surface area contributed by atoms with Crippen LogP contribution >= 0.6 is 22.9 Å². The average Bonchev–Trinajstić information content (AvgIpc) is 3.36. The van der Waals surface area contributed by atoms with Crippen LogP contribution in [0, 0.1) is 5.92 Å². The Morgan fingerprint density at radius 1 is 1.08 bits per heavy atom. The van der Waals surface area contributed by atoms with E-state index < -0.39 is 0 Å². The lowest BCUT2D eigenvalue weighted by atomic mass is 9.93. The molecule has 0 bridgehead atoms. The monoisotopic (exact) mass is 526 g/mol. The third-order valence-electron chi connectivity index (χ3n) is 6.27. The first kappa shape index (κ1) is 26.0. The second-order valence-electron chi connectivity index (χ2n) is 9.27. The number of carbonyl (C=O) groups excluding carboxylic acids is 2. The van der Waals surface area contributed by atoms with Gasteiger partial charge in [0.15, 0.2) is 0 Å². The number of nitrogens with zero attached hydrogens (tertiary/aromatic N) is 2. The molecule has 36 heavy (non-hydrogen) atoms. The lowest BCUT2D eigenvalue weighted by Crippen LogP contribution is -2.47. The summed E-state index contributed by atoms with van der Waals surface area (Å²) in [5, 5.41) is 2.73. The number of methoxy groups -OCH3 is 2. The van der Waals surface area contributed by atoms with Crippen LogP contribution in [0.15, 0.2) is 53.9 Å². The summed E-state index contributed by atoms with van der Waals surface area (Å²) in [7, 11) is 3.09. The second-order valence-corrected chi connectivity index (χ2v) is 10.7. The summed E-state index contributed by atoms with van der Waals surface area (Å²) in [6.07, 6.45) is 0.800. The Hall–Kier alpha value is -3.03. The topological polar surface area (TPSA) is 59.1 Å². The number of ether oxygens (including phenoxy) is 2. The molecule has 2 heterocycles. The van der Waals surface area contributed by atoms with E-state index in [4.69, 9.17) is 21.1 Å². The molecule has 8 heteroatoms. The maximum atomic E-state index is 13.8. The number of hydrogen-bond donors (Lipinski definition) is 0. The number of fused-ring (bicyclic) bond motifs is 1. The van der Waals surface area contributed by atoms with Crippen LogP contribution in [-0.4, -0.2) is 55.5 Å². The van der Waals surface area contributed by atoms with E-state index in [-0.39, 0.29) is 30.3 Å². The van der Waals surface area contributed by atoms with Gasteiger partial charge in [0.1, 0.15) is 18.0 Å². The largest absolute Gasteiger partial charge is 0.497 e. The van der Waals surface area contributed by atoms with E-state index in [1.54, 1.807) is 48.7 Å². The summed E-state index contributed by atoms with van der Waals surface area (Å²) in [5.74, 6) is 0.919. The van der Waals surface area contributed by atoms with Crippen molar-refractivity contribution in [1.29, 1.82) is 0 Å². The van der Waals surface area contributed by atoms with E-state index in [0.29, 0.717) is 35.2 Å². The van der Waals surface area contributed by atoms with Crippen molar-refractivity contribution in [2.75, 3.05) is 33.9 Å². The molecule has 1 aliphatic rings. The lowest BCUT2D eigenvalue weighted by Gasteiger charge is -2.38. The molecule has 0 N–H and O–H groups in total. The summed E-state index contributed by atoms with van der Waals surface area (Å²) < 4.78 is 10.7. The van der Waals surface area contributed by atoms with Crippen LogP contribution < -0.4 is 9.47 Å². The Morgan fingerprint density at radius 3 is 2.36 bits per heavy atom. The Kier molecular flexibility index (Phi) is 8.21. The van der Waals surface area contributed by atoms with Crippen molar-refractivity contribution in [3.05, 3.63) is 80.5 Å². The number of hydrogen-bond acceptors (Lipinski definition) is 5. The van der Waals surface area contributed by atoms with Gasteiger partial charge in [-0.3, -0.25) is 9.59 Å². The highest BCUT2D eigenvalue weighted by molar-refractivity contribution is 7.10. The summed E-state index contributed by atoms with van der Waals surface area (Å²) >= 11 is 7.86. The Balaban J connectivity index is 1.63. The molecule has 0 fully saturated rings. The van der Waals surface area contributed by atoms with Gasteiger partial charge in [0.2, 0.25) is 5.91 Å². The van der Waals surface area contributed by atoms with Gasteiger partial charge in [0.25, 0.3) is 5.91 Å². The van der Waals surface area contributed by atoms with Gasteiger partial charge in [0, 0.05) is 34.6 Å². The first-order valence-corrected chi connectivity index (χ1v) is 13.2. The zero-order chi connectivity index (χ0) is 25.8. The quantitative estimate of drug-likeness (QED) is 0.378. The van der Waals surface area contributed by atoms with Crippen LogP contribution in [0.2, 0.25) is 5.02 Å². The number of thiophene rings is 1. The van der Waals surface area contributed by atoms with Gasteiger partial charge in [-0.2, -0.15) is 0 Å². The van der Waals surface area contributed by atoms with Crippen molar-refractivity contribution in [3.63, 3.8) is 0 Å². The van der Waals surface area contributed by atoms with Gasteiger partial charge in [0.05, 0.1) is 20.3 Å². The first-order chi connectivity index (χ1) is 17.3. The summed E-state index contributed by atoms with van der Waals surface area (Å²) in [4.78, 5) is 32.2. The standard InChI is InChI=1S/C28H31ClN2O4S/c1-18(2)16-30(28(33)20-13-22(34-3)15-23(14-20)35-4)17-26(32)31-11-9-25-24(10-12-36-25)27(31)19-5-7-21(29)8-6-19/h5-8,10,12-15,18,27H,9,11,16-17H2,1-4H3. The third kappa shape index (κ3) is 5.68. The SMILES string of the molecule is COc1cc(OC)cc(C(=O)N(CC(=O)N2CCc3sccc3C2c2ccc(Cl)cc2)CC(C)C)c1. The first-order valence-electron chi connectivity index (χ1n) is 11.9. The van der Waals surface area contributed by atoms with Crippen molar-refractivity contribution in [1.82, 2.24) is 9.80 Å². The van der Waals surface area contributed by atoms with Crippen LogP contribution in [0.5, 0.6) is 11.5 Å². The second kappa shape index (κ2) is 11.4. The Bertz CT molecular complexity index is 1200. The molecule has 1 aliphatic heterocycles. The van der Waals surface area contributed by atoms with Crippen molar-refractivity contribution < 1.29 is 19.1 Å². The van der Waals surface area contributed by atoms with E-state index in [1.165, 1.54) is 4.88 Å². The van der Waals surface area contributed by atoms with Crippen molar-refractivity contribution in [2.24, 2.45) is 5.92 Å². The molecule has 0 spiro atoms. The molecule has 2 aromatic carbocycles. The fourth-order valence-corrected chi connectivity index (χ4v) is 5.65. The minimum atomic E-state index is -0.231. The molecule has 2 amide bonds. The smallest absolute Gasteiger partial charge is 0.254 e. The normalized spacial score (nSPS) is 14.9. The van der Waals surface area contributed by atoms with Crippen LogP contribution in [0.4, 0.5) is 0 Å². The number of halogens is 1. The summed E-state index contributed by atoms with van der Waals surface area (Å²) in [5.41, 5.74) is 2.57. The molecule has 1 aromatic heterocycles. The van der Waals surface area contributed by atoms with E-state index in [2.05, 4.69) is 11.4 Å². The summed E-state index contributed by atoms with van der Waals surface area (Å²) in [6, 6.07) is 14.6. The van der Waals surface area contributed by atoms with Crippen LogP contribution in [0.1, 0.15) is 46.3 Å². The fraction of sp³-hybridized carbons (Fsp3) is 0.357. The van der Waals surface area contributed by atoms with Crippen LogP contribution in [-0.2, 0) is 11.2 Å². The molecule has 4 rings (SSSR count). The predicted octanol–water partition coefficient (Wildman–Crippen LogP) is 5.69. The van der Waals surface area contributed by atoms with Gasteiger partial charge < -0.3 is 19.3 Å². The molecule has 6 nitrogen and oxygen atoms in total. The minimum Gasteiger partial charge on any atom is -0.497 e. The maximum absolute atomic E-state index is 13.8. The molecule has 190 valence electrons. The average molecular weight is 527 g/mol. The van der Waals surface area contributed by atoms with Gasteiger partial charge in [-0.1, -0.05) is 37.6 Å². The van der Waals surface area contributed by atoms with E-state index >= 15 is 0 Å². The molecule has 0 aliphatic carbocycles. The zero-order valence-corrected chi connectivity index (χ0v) is 22.6. The lowest BCUT2D eigenvalue weighted by molar-refractivity contribution is -0.134. The zero-order valence-electron chi connectivity index (χ0n) is 21.0. The van der Waals surface area contributed by atoms with Crippen LogP contribution in [0.25, 0.3) is 0 Å². The molecule has 1 atom stereocenters. The van der Waals surface area contributed by atoms with E-state index in [1.807, 2.05) is 43.0 Å². The summed E-state index contributed by atoms with van der Waals surface area (Å²) in [6.45, 7) is 5.10. The van der Waals surface area contributed by atoms with Gasteiger partial charge >= 0.3 is 0 Å². The number of rotatable bonds is 8. The maximum Gasteiger partial charge on any atom is 0.254 e. The van der Waals surface area contributed by atoms with Gasteiger partial charge in [-0.25, -0.2) is 0 Å².